The lowest BCUT2D eigenvalue weighted by Gasteiger charge is -2.07. The highest BCUT2D eigenvalue weighted by Gasteiger charge is 2.05. The van der Waals surface area contributed by atoms with E-state index in [0.717, 1.165) is 0 Å². The van der Waals surface area contributed by atoms with Gasteiger partial charge in [-0.25, -0.2) is 0 Å². The second-order valence-corrected chi connectivity index (χ2v) is 3.27. The van der Waals surface area contributed by atoms with Gasteiger partial charge < -0.3 is 4.74 Å². The predicted molar refractivity (Wildman–Crippen MR) is 42.7 cm³/mol. The molecule has 0 bridgehead atoms. The quantitative estimate of drug-likeness (QED) is 0.664. The molecule has 0 radical (unpaired) electrons. The highest BCUT2D eigenvalue weighted by atomic mass is 32.2. The Bertz CT molecular complexity index is 352. The fourth-order valence-corrected chi connectivity index (χ4v) is 1.16. The summed E-state index contributed by atoms with van der Waals surface area (Å²) < 4.78 is 50.9. The Morgan fingerprint density at radius 2 is 1.23 bits per heavy atom. The molecular weight excluding hydrogens is 220 g/mol. The van der Waals surface area contributed by atoms with Gasteiger partial charge >= 0.3 is 21.0 Å². The smallest absolute Gasteiger partial charge is 0.313 e. The minimum atomic E-state index is -2.57. The summed E-state index contributed by atoms with van der Waals surface area (Å²) in [6.45, 7) is 2.71. The Kier molecular flexibility index (Phi) is 5.42. The number of ether oxygens (including phenoxy) is 1. The average Bonchev–Trinajstić information content (AvgIpc) is 1.80. The molecule has 0 spiro atoms. The van der Waals surface area contributed by atoms with Crippen LogP contribution < -0.4 is 0 Å². The first-order valence-electron chi connectivity index (χ1n) is 3.17. The Labute approximate surface area is 78.1 Å². The molecule has 0 N–H and O–H groups in total. The zero-order valence-electron chi connectivity index (χ0n) is 6.91. The fourth-order valence-electron chi connectivity index (χ4n) is 0.577. The highest BCUT2D eigenvalue weighted by molar-refractivity contribution is 7.61. The third-order valence-electron chi connectivity index (χ3n) is 0.863. The van der Waals surface area contributed by atoms with Crippen molar-refractivity contribution in [3.8, 4) is 0 Å². The van der Waals surface area contributed by atoms with Gasteiger partial charge in [0.05, 0.1) is 0 Å². The van der Waals surface area contributed by atoms with E-state index in [2.05, 4.69) is 8.73 Å². The van der Waals surface area contributed by atoms with Crippen molar-refractivity contribution in [1.82, 2.24) is 0 Å². The molecule has 0 aliphatic heterocycles. The van der Waals surface area contributed by atoms with E-state index in [1.54, 1.807) is 0 Å². The lowest BCUT2D eigenvalue weighted by molar-refractivity contribution is 0.0213. The van der Waals surface area contributed by atoms with E-state index >= 15 is 0 Å². The van der Waals surface area contributed by atoms with Crippen molar-refractivity contribution in [3.05, 3.63) is 0 Å². The summed E-state index contributed by atoms with van der Waals surface area (Å²) in [4.78, 5) is 0. The summed E-state index contributed by atoms with van der Waals surface area (Å²) in [5, 5.41) is 0. The van der Waals surface area contributed by atoms with Gasteiger partial charge in [-0.15, -0.1) is 8.73 Å². The molecule has 0 fully saturated rings. The Hall–Kier alpha value is -0.800. The highest BCUT2D eigenvalue weighted by Crippen LogP contribution is 1.99. The molecule has 0 amide bonds. The van der Waals surface area contributed by atoms with Gasteiger partial charge in [0.1, 0.15) is 0 Å². The van der Waals surface area contributed by atoms with E-state index in [1.807, 2.05) is 0 Å². The lowest BCUT2D eigenvalue weighted by Crippen LogP contribution is -2.12. The third-order valence-corrected chi connectivity index (χ3v) is 1.80. The molecule has 0 heterocycles. The molecule has 0 aliphatic rings. The van der Waals surface area contributed by atoms with Gasteiger partial charge in [-0.2, -0.15) is 16.8 Å². The van der Waals surface area contributed by atoms with E-state index < -0.39 is 33.5 Å². The van der Waals surface area contributed by atoms with Crippen LogP contribution in [0, 0.1) is 0 Å². The molecule has 0 aromatic heterocycles. The summed E-state index contributed by atoms with van der Waals surface area (Å²) in [6, 6.07) is 0. The van der Waals surface area contributed by atoms with Gasteiger partial charge in [0, 0.05) is 0 Å². The summed E-state index contributed by atoms with van der Waals surface area (Å²) in [6.07, 6.45) is -1.89. The average molecular weight is 228 g/mol. The molecule has 13 heavy (non-hydrogen) atoms. The van der Waals surface area contributed by atoms with Crippen molar-refractivity contribution in [2.75, 3.05) is 0 Å². The molecule has 2 unspecified atom stereocenters. The lowest BCUT2D eigenvalue weighted by atomic mass is 10.6. The topological polar surface area (TPSA) is 102 Å². The molecule has 0 rings (SSSR count). The second-order valence-electron chi connectivity index (χ2n) is 1.98. The van der Waals surface area contributed by atoms with Crippen LogP contribution in [-0.2, 0) is 25.7 Å². The van der Waals surface area contributed by atoms with Crippen LogP contribution in [0.15, 0.2) is 8.73 Å². The van der Waals surface area contributed by atoms with Crippen LogP contribution in [0.25, 0.3) is 0 Å². The second kappa shape index (κ2) is 5.78. The summed E-state index contributed by atoms with van der Waals surface area (Å²) in [7, 11) is -5.14. The maximum Gasteiger partial charge on any atom is 0.313 e. The van der Waals surface area contributed by atoms with Gasteiger partial charge in [0.2, 0.25) is 0 Å². The van der Waals surface area contributed by atoms with Crippen molar-refractivity contribution in [3.63, 3.8) is 0 Å². The number of nitrogens with zero attached hydrogens (tertiary/aromatic N) is 2. The number of hydrogen-bond donors (Lipinski definition) is 0. The summed E-state index contributed by atoms with van der Waals surface area (Å²) in [5.74, 6) is 0. The normalized spacial score (nSPS) is 14.3. The minimum Gasteiger partial charge on any atom is -0.330 e. The number of rotatable bonds is 4. The van der Waals surface area contributed by atoms with Crippen LogP contribution in [0.2, 0.25) is 0 Å². The van der Waals surface area contributed by atoms with E-state index in [4.69, 9.17) is 4.74 Å². The third kappa shape index (κ3) is 7.56. The SMILES string of the molecule is CC(N=S(=O)=O)OC(C)N=S(=O)=O. The Balaban J connectivity index is 4.31. The summed E-state index contributed by atoms with van der Waals surface area (Å²) >= 11 is 0. The monoisotopic (exact) mass is 228 g/mol. The fraction of sp³-hybridized carbons (Fsp3) is 1.00. The molecule has 7 nitrogen and oxygen atoms in total. The predicted octanol–water partition coefficient (Wildman–Crippen LogP) is -0.180. The first-order chi connectivity index (χ1) is 5.91. The molecule has 0 aromatic rings. The summed E-state index contributed by atoms with van der Waals surface area (Å²) in [5.41, 5.74) is 0. The molecule has 0 saturated carbocycles. The first-order valence-corrected chi connectivity index (χ1v) is 5.24. The van der Waals surface area contributed by atoms with E-state index in [1.165, 1.54) is 13.8 Å². The van der Waals surface area contributed by atoms with Gasteiger partial charge in [0.15, 0.2) is 12.5 Å². The standard InChI is InChI=1S/C4H8N2O5S2/c1-3(5-12(7)8)11-4(2)6-13(9)10/h3-4H,1-2H3. The van der Waals surface area contributed by atoms with Crippen LogP contribution in [-0.4, -0.2) is 29.3 Å². The largest absolute Gasteiger partial charge is 0.330 e. The zero-order chi connectivity index (χ0) is 10.4. The van der Waals surface area contributed by atoms with Gasteiger partial charge in [-0.05, 0) is 13.8 Å². The van der Waals surface area contributed by atoms with Gasteiger partial charge in [-0.3, -0.25) is 0 Å². The van der Waals surface area contributed by atoms with Gasteiger partial charge in [-0.1, -0.05) is 0 Å². The van der Waals surface area contributed by atoms with Crippen LogP contribution >= 0.6 is 0 Å². The molecule has 2 atom stereocenters. The van der Waals surface area contributed by atoms with Crippen molar-refractivity contribution in [1.29, 1.82) is 0 Å². The van der Waals surface area contributed by atoms with Crippen molar-refractivity contribution in [2.45, 2.75) is 26.3 Å². The maximum atomic E-state index is 10.0. The zero-order valence-corrected chi connectivity index (χ0v) is 8.54. The molecule has 76 valence electrons. The van der Waals surface area contributed by atoms with Gasteiger partial charge in [0.25, 0.3) is 0 Å². The van der Waals surface area contributed by atoms with Crippen molar-refractivity contribution >= 4 is 21.0 Å². The van der Waals surface area contributed by atoms with E-state index in [9.17, 15) is 16.8 Å². The van der Waals surface area contributed by atoms with E-state index in [0.29, 0.717) is 0 Å². The number of hydrogen-bond acceptors (Lipinski definition) is 7. The Morgan fingerprint density at radius 3 is 1.46 bits per heavy atom. The van der Waals surface area contributed by atoms with Crippen molar-refractivity contribution in [2.24, 2.45) is 8.73 Å². The Morgan fingerprint density at radius 1 is 0.923 bits per heavy atom. The van der Waals surface area contributed by atoms with Crippen molar-refractivity contribution < 1.29 is 21.6 Å². The molecule has 0 saturated heterocycles. The van der Waals surface area contributed by atoms with Crippen LogP contribution in [0.1, 0.15) is 13.8 Å². The first kappa shape index (κ1) is 12.2. The van der Waals surface area contributed by atoms with Crippen LogP contribution in [0.3, 0.4) is 0 Å². The van der Waals surface area contributed by atoms with Crippen LogP contribution in [0.5, 0.6) is 0 Å². The molecule has 0 aliphatic carbocycles. The van der Waals surface area contributed by atoms with Crippen LogP contribution in [0.4, 0.5) is 0 Å². The maximum absolute atomic E-state index is 10.0. The molecule has 0 aromatic carbocycles. The van der Waals surface area contributed by atoms with E-state index in [-0.39, 0.29) is 0 Å². The minimum absolute atomic E-state index is 0.944. The molecule has 9 heteroatoms. The molecular formula is C4H8N2O5S2.